The van der Waals surface area contributed by atoms with Crippen LogP contribution in [0.25, 0.3) is 0 Å². The van der Waals surface area contributed by atoms with E-state index in [1.165, 1.54) is 10.5 Å². The summed E-state index contributed by atoms with van der Waals surface area (Å²) in [5.74, 6) is -1.19. The number of amides is 1. The second-order valence-electron chi connectivity index (χ2n) is 5.72. The molecule has 0 radical (unpaired) electrons. The Morgan fingerprint density at radius 3 is 2.26 bits per heavy atom. The third-order valence-corrected chi connectivity index (χ3v) is 3.82. The van der Waals surface area contributed by atoms with Crippen LogP contribution in [0.5, 0.6) is 0 Å². The zero-order chi connectivity index (χ0) is 16.8. The van der Waals surface area contributed by atoms with Crippen LogP contribution in [-0.2, 0) is 22.6 Å². The average Bonchev–Trinajstić information content (AvgIpc) is 2.51. The first-order valence-corrected chi connectivity index (χ1v) is 7.55. The summed E-state index contributed by atoms with van der Waals surface area (Å²) < 4.78 is 0. The first-order valence-electron chi connectivity index (χ1n) is 7.55. The van der Waals surface area contributed by atoms with Crippen molar-refractivity contribution < 1.29 is 14.7 Å². The summed E-state index contributed by atoms with van der Waals surface area (Å²) in [6.45, 7) is 4.03. The van der Waals surface area contributed by atoms with Gasteiger partial charge in [-0.1, -0.05) is 48.5 Å². The zero-order valence-corrected chi connectivity index (χ0v) is 13.5. The summed E-state index contributed by atoms with van der Waals surface area (Å²) in [6.07, 6.45) is 0.210. The van der Waals surface area contributed by atoms with Crippen LogP contribution in [0.3, 0.4) is 0 Å². The number of aryl methyl sites for hydroxylation is 2. The Balaban J connectivity index is 2.12. The standard InChI is InChI=1S/C19H21NO3/c1-14-8-9-17(10-15(14)2)11-18(21)20(13-19(22)23)12-16-6-4-3-5-7-16/h3-10H,11-13H2,1-2H3,(H,22,23). The van der Waals surface area contributed by atoms with Gasteiger partial charge in [0, 0.05) is 6.54 Å². The Labute approximate surface area is 136 Å². The molecule has 2 rings (SSSR count). The highest BCUT2D eigenvalue weighted by molar-refractivity contribution is 5.83. The van der Waals surface area contributed by atoms with Gasteiger partial charge in [0.25, 0.3) is 0 Å². The third-order valence-electron chi connectivity index (χ3n) is 3.82. The third kappa shape index (κ3) is 4.95. The molecule has 0 fully saturated rings. The van der Waals surface area contributed by atoms with Gasteiger partial charge in [-0.05, 0) is 36.1 Å². The van der Waals surface area contributed by atoms with E-state index < -0.39 is 5.97 Å². The zero-order valence-electron chi connectivity index (χ0n) is 13.5. The molecule has 4 heteroatoms. The second-order valence-corrected chi connectivity index (χ2v) is 5.72. The Morgan fingerprint density at radius 2 is 1.65 bits per heavy atom. The molecule has 1 N–H and O–H groups in total. The van der Waals surface area contributed by atoms with Crippen molar-refractivity contribution in [1.82, 2.24) is 4.90 Å². The summed E-state index contributed by atoms with van der Waals surface area (Å²) >= 11 is 0. The van der Waals surface area contributed by atoms with Crippen LogP contribution < -0.4 is 0 Å². The molecule has 120 valence electrons. The molecular formula is C19H21NO3. The number of nitrogens with zero attached hydrogens (tertiary/aromatic N) is 1. The minimum Gasteiger partial charge on any atom is -0.480 e. The lowest BCUT2D eigenvalue weighted by molar-refractivity contribution is -0.144. The van der Waals surface area contributed by atoms with Gasteiger partial charge in [0.1, 0.15) is 6.54 Å². The van der Waals surface area contributed by atoms with Crippen molar-refractivity contribution in [3.8, 4) is 0 Å². The molecule has 23 heavy (non-hydrogen) atoms. The highest BCUT2D eigenvalue weighted by Crippen LogP contribution is 2.12. The fraction of sp³-hybridized carbons (Fsp3) is 0.263. The average molecular weight is 311 g/mol. The van der Waals surface area contributed by atoms with Crippen molar-refractivity contribution in [3.05, 3.63) is 70.8 Å². The van der Waals surface area contributed by atoms with Crippen LogP contribution in [0.15, 0.2) is 48.5 Å². The molecule has 0 spiro atoms. The van der Waals surface area contributed by atoms with E-state index in [1.54, 1.807) is 0 Å². The molecule has 1 amide bonds. The minimum atomic E-state index is -1.01. The predicted molar refractivity (Wildman–Crippen MR) is 89.1 cm³/mol. The van der Waals surface area contributed by atoms with Crippen molar-refractivity contribution in [1.29, 1.82) is 0 Å². The molecule has 4 nitrogen and oxygen atoms in total. The number of carboxylic acid groups (broad SMARTS) is 1. The van der Waals surface area contributed by atoms with Crippen molar-refractivity contribution in [2.24, 2.45) is 0 Å². The number of benzene rings is 2. The SMILES string of the molecule is Cc1ccc(CC(=O)N(CC(=O)O)Cc2ccccc2)cc1C. The summed E-state index contributed by atoms with van der Waals surface area (Å²) in [6, 6.07) is 15.3. The Hall–Kier alpha value is -2.62. The lowest BCUT2D eigenvalue weighted by atomic mass is 10.0. The highest BCUT2D eigenvalue weighted by atomic mass is 16.4. The maximum absolute atomic E-state index is 12.5. The molecule has 0 bridgehead atoms. The van der Waals surface area contributed by atoms with E-state index in [0.29, 0.717) is 6.54 Å². The Kier molecular flexibility index (Phi) is 5.52. The van der Waals surface area contributed by atoms with E-state index >= 15 is 0 Å². The molecule has 0 unspecified atom stereocenters. The van der Waals surface area contributed by atoms with Crippen LogP contribution in [0.2, 0.25) is 0 Å². The van der Waals surface area contributed by atoms with E-state index in [2.05, 4.69) is 0 Å². The van der Waals surface area contributed by atoms with Crippen LogP contribution in [-0.4, -0.2) is 28.4 Å². The van der Waals surface area contributed by atoms with Gasteiger partial charge >= 0.3 is 5.97 Å². The molecular weight excluding hydrogens is 290 g/mol. The quantitative estimate of drug-likeness (QED) is 0.892. The smallest absolute Gasteiger partial charge is 0.323 e. The predicted octanol–water partition coefficient (Wildman–Crippen LogP) is 2.96. The molecule has 0 atom stereocenters. The molecule has 2 aromatic rings. The van der Waals surface area contributed by atoms with Gasteiger partial charge in [0.2, 0.25) is 5.91 Å². The molecule has 0 heterocycles. The van der Waals surface area contributed by atoms with Gasteiger partial charge in [-0.25, -0.2) is 0 Å². The molecule has 0 aliphatic rings. The van der Waals surface area contributed by atoms with Crippen molar-refractivity contribution in [2.75, 3.05) is 6.54 Å². The van der Waals surface area contributed by atoms with Gasteiger partial charge in [0.05, 0.1) is 6.42 Å². The molecule has 0 saturated carbocycles. The van der Waals surface area contributed by atoms with Crippen LogP contribution in [0, 0.1) is 13.8 Å². The maximum atomic E-state index is 12.5. The fourth-order valence-electron chi connectivity index (χ4n) is 2.40. The largest absolute Gasteiger partial charge is 0.480 e. The summed E-state index contributed by atoms with van der Waals surface area (Å²) in [5.41, 5.74) is 4.12. The molecule has 2 aromatic carbocycles. The van der Waals surface area contributed by atoms with Gasteiger partial charge in [-0.3, -0.25) is 9.59 Å². The number of hydrogen-bond acceptors (Lipinski definition) is 2. The van der Waals surface area contributed by atoms with Gasteiger partial charge in [-0.2, -0.15) is 0 Å². The molecule has 0 saturated heterocycles. The lowest BCUT2D eigenvalue weighted by Gasteiger charge is -2.21. The number of carbonyl (C=O) groups is 2. The van der Waals surface area contributed by atoms with Gasteiger partial charge in [0.15, 0.2) is 0 Å². The Morgan fingerprint density at radius 1 is 0.957 bits per heavy atom. The number of rotatable bonds is 6. The number of aliphatic carboxylic acids is 1. The maximum Gasteiger partial charge on any atom is 0.323 e. The molecule has 0 aliphatic heterocycles. The minimum absolute atomic E-state index is 0.181. The topological polar surface area (TPSA) is 57.6 Å². The summed E-state index contributed by atoms with van der Waals surface area (Å²) in [5, 5.41) is 9.06. The van der Waals surface area contributed by atoms with Crippen LogP contribution >= 0.6 is 0 Å². The number of carbonyl (C=O) groups excluding carboxylic acids is 1. The van der Waals surface area contributed by atoms with E-state index in [-0.39, 0.29) is 18.9 Å². The van der Waals surface area contributed by atoms with Gasteiger partial charge < -0.3 is 10.0 Å². The number of carboxylic acids is 1. The van der Waals surface area contributed by atoms with Crippen molar-refractivity contribution in [2.45, 2.75) is 26.8 Å². The monoisotopic (exact) mass is 311 g/mol. The van der Waals surface area contributed by atoms with E-state index in [0.717, 1.165) is 16.7 Å². The van der Waals surface area contributed by atoms with Gasteiger partial charge in [-0.15, -0.1) is 0 Å². The second kappa shape index (κ2) is 7.58. The van der Waals surface area contributed by atoms with E-state index in [4.69, 9.17) is 5.11 Å². The molecule has 0 aliphatic carbocycles. The van der Waals surface area contributed by atoms with E-state index in [9.17, 15) is 9.59 Å². The summed E-state index contributed by atoms with van der Waals surface area (Å²) in [7, 11) is 0. The first kappa shape index (κ1) is 16.7. The summed E-state index contributed by atoms with van der Waals surface area (Å²) in [4.78, 5) is 25.0. The molecule has 0 aromatic heterocycles. The van der Waals surface area contributed by atoms with Crippen LogP contribution in [0.1, 0.15) is 22.3 Å². The first-order chi connectivity index (χ1) is 11.0. The lowest BCUT2D eigenvalue weighted by Crippen LogP contribution is -2.36. The normalized spacial score (nSPS) is 10.3. The fourth-order valence-corrected chi connectivity index (χ4v) is 2.40. The Bertz CT molecular complexity index is 695. The van der Waals surface area contributed by atoms with E-state index in [1.807, 2.05) is 62.4 Å². The number of hydrogen-bond donors (Lipinski definition) is 1. The van der Waals surface area contributed by atoms with Crippen molar-refractivity contribution in [3.63, 3.8) is 0 Å². The van der Waals surface area contributed by atoms with Crippen molar-refractivity contribution >= 4 is 11.9 Å². The van der Waals surface area contributed by atoms with Crippen LogP contribution in [0.4, 0.5) is 0 Å². The highest BCUT2D eigenvalue weighted by Gasteiger charge is 2.17.